The number of benzene rings is 2. The normalized spacial score (nSPS) is 18.3. The van der Waals surface area contributed by atoms with Crippen LogP contribution in [0.1, 0.15) is 18.9 Å². The van der Waals surface area contributed by atoms with E-state index in [4.69, 9.17) is 0 Å². The van der Waals surface area contributed by atoms with Crippen LogP contribution < -0.4 is 4.90 Å². The van der Waals surface area contributed by atoms with E-state index in [2.05, 4.69) is 6.92 Å². The van der Waals surface area contributed by atoms with Crippen molar-refractivity contribution in [2.24, 2.45) is 0 Å². The lowest BCUT2D eigenvalue weighted by molar-refractivity contribution is -0.133. The van der Waals surface area contributed by atoms with Crippen LogP contribution in [0, 0.1) is 5.82 Å². The average Bonchev–Trinajstić information content (AvgIpc) is 2.85. The van der Waals surface area contributed by atoms with Crippen LogP contribution in [0.4, 0.5) is 10.1 Å². The molecule has 184 valence electrons. The largest absolute Gasteiger partial charge is 0.366 e. The molecule has 2 aromatic rings. The molecule has 34 heavy (non-hydrogen) atoms. The van der Waals surface area contributed by atoms with Crippen LogP contribution in [0.15, 0.2) is 53.4 Å². The van der Waals surface area contributed by atoms with Crippen LogP contribution in [0.5, 0.6) is 0 Å². The first-order valence-electron chi connectivity index (χ1n) is 12.0. The van der Waals surface area contributed by atoms with Crippen LogP contribution in [-0.4, -0.2) is 87.3 Å². The van der Waals surface area contributed by atoms with E-state index in [1.54, 1.807) is 24.3 Å². The molecule has 0 radical (unpaired) electrons. The van der Waals surface area contributed by atoms with Crippen molar-refractivity contribution in [1.82, 2.24) is 14.1 Å². The molecular formula is C25H33FN4O3S. The van der Waals surface area contributed by atoms with Crippen molar-refractivity contribution in [3.63, 3.8) is 0 Å². The third kappa shape index (κ3) is 5.59. The number of piperazine rings is 2. The van der Waals surface area contributed by atoms with E-state index in [0.717, 1.165) is 18.4 Å². The molecule has 4 rings (SSSR count). The zero-order chi connectivity index (χ0) is 24.1. The lowest BCUT2D eigenvalue weighted by Crippen LogP contribution is -2.54. The van der Waals surface area contributed by atoms with Gasteiger partial charge in [0.05, 0.1) is 17.1 Å². The van der Waals surface area contributed by atoms with Crippen molar-refractivity contribution in [3.05, 3.63) is 59.9 Å². The third-order valence-electron chi connectivity index (χ3n) is 6.62. The highest BCUT2D eigenvalue weighted by Crippen LogP contribution is 2.21. The summed E-state index contributed by atoms with van der Waals surface area (Å²) >= 11 is 0. The Kier molecular flexibility index (Phi) is 7.85. The number of hydrogen-bond donors (Lipinski definition) is 0. The van der Waals surface area contributed by atoms with Crippen molar-refractivity contribution >= 4 is 21.6 Å². The molecule has 0 saturated carbocycles. The molecule has 2 fully saturated rings. The second kappa shape index (κ2) is 10.8. The van der Waals surface area contributed by atoms with E-state index in [1.807, 2.05) is 32.9 Å². The first kappa shape index (κ1) is 24.6. The summed E-state index contributed by atoms with van der Waals surface area (Å²) in [4.78, 5) is 18.9. The molecule has 7 nitrogen and oxygen atoms in total. The second-order valence-electron chi connectivity index (χ2n) is 8.89. The summed E-state index contributed by atoms with van der Waals surface area (Å²) in [6, 6.07) is 13.9. The number of hydrogen-bond acceptors (Lipinski definition) is 5. The number of anilines is 1. The van der Waals surface area contributed by atoms with Gasteiger partial charge in [-0.1, -0.05) is 37.6 Å². The third-order valence-corrected chi connectivity index (χ3v) is 8.53. The second-order valence-corrected chi connectivity index (χ2v) is 10.8. The summed E-state index contributed by atoms with van der Waals surface area (Å²) < 4.78 is 41.6. The van der Waals surface area contributed by atoms with Crippen molar-refractivity contribution in [3.8, 4) is 0 Å². The van der Waals surface area contributed by atoms with Crippen LogP contribution in [0.25, 0.3) is 0 Å². The van der Waals surface area contributed by atoms with Gasteiger partial charge in [-0.15, -0.1) is 0 Å². The lowest BCUT2D eigenvalue weighted by Gasteiger charge is -2.38. The van der Waals surface area contributed by atoms with E-state index in [0.29, 0.717) is 62.9 Å². The summed E-state index contributed by atoms with van der Waals surface area (Å²) in [5.74, 6) is -0.206. The van der Waals surface area contributed by atoms with Gasteiger partial charge in [0.25, 0.3) is 0 Å². The van der Waals surface area contributed by atoms with E-state index in [9.17, 15) is 17.6 Å². The maximum absolute atomic E-state index is 14.0. The fraction of sp³-hybridized carbons (Fsp3) is 0.480. The molecule has 2 aliphatic rings. The number of aryl methyl sites for hydroxylation is 1. The number of nitrogens with zero attached hydrogens (tertiary/aromatic N) is 4. The lowest BCUT2D eigenvalue weighted by atomic mass is 10.1. The minimum Gasteiger partial charge on any atom is -0.366 e. The fourth-order valence-electron chi connectivity index (χ4n) is 4.59. The molecule has 2 heterocycles. The Labute approximate surface area is 201 Å². The van der Waals surface area contributed by atoms with Crippen molar-refractivity contribution < 1.29 is 17.6 Å². The van der Waals surface area contributed by atoms with Gasteiger partial charge in [0.1, 0.15) is 5.82 Å². The molecule has 2 aromatic carbocycles. The van der Waals surface area contributed by atoms with E-state index < -0.39 is 10.0 Å². The molecule has 0 aromatic heterocycles. The Bertz CT molecular complexity index is 1080. The summed E-state index contributed by atoms with van der Waals surface area (Å²) in [6.07, 6.45) is 1.96. The van der Waals surface area contributed by atoms with Gasteiger partial charge in [0, 0.05) is 52.4 Å². The minimum atomic E-state index is -3.53. The zero-order valence-electron chi connectivity index (χ0n) is 19.7. The average molecular weight is 489 g/mol. The van der Waals surface area contributed by atoms with Gasteiger partial charge in [-0.05, 0) is 36.2 Å². The summed E-state index contributed by atoms with van der Waals surface area (Å²) in [5.41, 5.74) is 1.71. The predicted molar refractivity (Wildman–Crippen MR) is 131 cm³/mol. The maximum atomic E-state index is 14.0. The molecule has 0 aliphatic carbocycles. The maximum Gasteiger partial charge on any atom is 0.243 e. The van der Waals surface area contributed by atoms with Gasteiger partial charge in [-0.3, -0.25) is 9.69 Å². The van der Waals surface area contributed by atoms with Gasteiger partial charge in [0.2, 0.25) is 15.9 Å². The van der Waals surface area contributed by atoms with Gasteiger partial charge >= 0.3 is 0 Å². The number of carbonyl (C=O) groups excluding carboxylic acids is 1. The fourth-order valence-corrected chi connectivity index (χ4v) is 6.01. The molecule has 0 bridgehead atoms. The van der Waals surface area contributed by atoms with Crippen LogP contribution in [0.2, 0.25) is 0 Å². The van der Waals surface area contributed by atoms with Gasteiger partial charge in [-0.2, -0.15) is 4.31 Å². The Hall–Kier alpha value is -2.49. The molecule has 2 aliphatic heterocycles. The summed E-state index contributed by atoms with van der Waals surface area (Å²) in [6.45, 7) is 6.44. The first-order chi connectivity index (χ1) is 16.4. The summed E-state index contributed by atoms with van der Waals surface area (Å²) in [5, 5.41) is 0. The predicted octanol–water partition coefficient (Wildman–Crippen LogP) is 2.43. The molecule has 0 unspecified atom stereocenters. The molecule has 0 atom stereocenters. The number of sulfonamides is 1. The monoisotopic (exact) mass is 488 g/mol. The zero-order valence-corrected chi connectivity index (χ0v) is 20.5. The van der Waals surface area contributed by atoms with E-state index in [1.165, 1.54) is 10.4 Å². The number of halogens is 1. The quantitative estimate of drug-likeness (QED) is 0.599. The van der Waals surface area contributed by atoms with E-state index in [-0.39, 0.29) is 18.3 Å². The molecule has 0 N–H and O–H groups in total. The SMILES string of the molecule is CCCc1ccc(S(=O)(=O)N2CCN(CC(=O)N3CCN(c4ccccc4F)CC3)CC2)cc1. The van der Waals surface area contributed by atoms with Gasteiger partial charge in [0.15, 0.2) is 0 Å². The molecule has 9 heteroatoms. The van der Waals surface area contributed by atoms with Crippen molar-refractivity contribution in [1.29, 1.82) is 0 Å². The van der Waals surface area contributed by atoms with Crippen LogP contribution in [0.3, 0.4) is 0 Å². The molecule has 1 amide bonds. The number of rotatable bonds is 7. The topological polar surface area (TPSA) is 64.2 Å². The number of para-hydroxylation sites is 1. The van der Waals surface area contributed by atoms with Crippen LogP contribution >= 0.6 is 0 Å². The standard InChI is InChI=1S/C25H33FN4O3S/c1-2-5-21-8-10-22(11-9-21)34(32,33)30-18-12-27(13-19-30)20-25(31)29-16-14-28(15-17-29)24-7-4-3-6-23(24)26/h3-4,6-11H,2,5,12-20H2,1H3. The smallest absolute Gasteiger partial charge is 0.243 e. The first-order valence-corrected chi connectivity index (χ1v) is 13.4. The molecule has 2 saturated heterocycles. The van der Waals surface area contributed by atoms with Crippen molar-refractivity contribution in [2.45, 2.75) is 24.7 Å². The molecular weight excluding hydrogens is 455 g/mol. The Morgan fingerprint density at radius 2 is 1.53 bits per heavy atom. The Morgan fingerprint density at radius 3 is 2.15 bits per heavy atom. The summed E-state index contributed by atoms with van der Waals surface area (Å²) in [7, 11) is -3.53. The highest BCUT2D eigenvalue weighted by atomic mass is 32.2. The van der Waals surface area contributed by atoms with Crippen LogP contribution in [-0.2, 0) is 21.2 Å². The van der Waals surface area contributed by atoms with Crippen molar-refractivity contribution in [2.75, 3.05) is 63.8 Å². The Morgan fingerprint density at radius 1 is 0.882 bits per heavy atom. The Balaban J connectivity index is 1.25. The highest BCUT2D eigenvalue weighted by molar-refractivity contribution is 7.89. The van der Waals surface area contributed by atoms with Gasteiger partial charge in [-0.25, -0.2) is 12.8 Å². The molecule has 0 spiro atoms. The highest BCUT2D eigenvalue weighted by Gasteiger charge is 2.30. The van der Waals surface area contributed by atoms with Gasteiger partial charge < -0.3 is 9.80 Å². The number of carbonyl (C=O) groups is 1. The van der Waals surface area contributed by atoms with E-state index >= 15 is 0 Å². The number of amides is 1. The minimum absolute atomic E-state index is 0.0380.